The fraction of sp³-hybridized carbons (Fsp3) is 0.750. The third kappa shape index (κ3) is 7.47. The molecule has 0 amide bonds. The monoisotopic (exact) mass is 419 g/mol. The highest BCUT2D eigenvalue weighted by atomic mass is 127. The first-order valence-corrected chi connectivity index (χ1v) is 8.30. The van der Waals surface area contributed by atoms with Gasteiger partial charge >= 0.3 is 0 Å². The third-order valence-corrected chi connectivity index (χ3v) is 4.22. The van der Waals surface area contributed by atoms with Crippen molar-refractivity contribution in [3.63, 3.8) is 0 Å². The molecule has 2 rings (SSSR count). The van der Waals surface area contributed by atoms with E-state index in [1.165, 1.54) is 44.9 Å². The van der Waals surface area contributed by atoms with Crippen LogP contribution in [0.5, 0.6) is 0 Å². The first kappa shape index (κ1) is 19.3. The number of aliphatic imine (C=N–C) groups is 1. The predicted molar refractivity (Wildman–Crippen MR) is 103 cm³/mol. The molecule has 0 radical (unpaired) electrons. The molecule has 6 heteroatoms. The lowest BCUT2D eigenvalue weighted by atomic mass is 9.86. The lowest BCUT2D eigenvalue weighted by molar-refractivity contribution is 0.332. The highest BCUT2D eigenvalue weighted by Crippen LogP contribution is 2.26. The summed E-state index contributed by atoms with van der Waals surface area (Å²) in [6.07, 6.45) is 13.6. The molecule has 0 unspecified atom stereocenters. The summed E-state index contributed by atoms with van der Waals surface area (Å²) in [6.45, 7) is 2.71. The van der Waals surface area contributed by atoms with Gasteiger partial charge in [-0.3, -0.25) is 9.67 Å². The van der Waals surface area contributed by atoms with Gasteiger partial charge in [0.25, 0.3) is 0 Å². The summed E-state index contributed by atoms with van der Waals surface area (Å²) in [5.74, 6) is 1.86. The van der Waals surface area contributed by atoms with E-state index in [2.05, 4.69) is 20.7 Å². The highest BCUT2D eigenvalue weighted by molar-refractivity contribution is 14.0. The van der Waals surface area contributed by atoms with Crippen LogP contribution < -0.4 is 10.6 Å². The summed E-state index contributed by atoms with van der Waals surface area (Å²) >= 11 is 0. The maximum absolute atomic E-state index is 4.26. The topological polar surface area (TPSA) is 54.2 Å². The molecule has 0 saturated heterocycles. The summed E-state index contributed by atoms with van der Waals surface area (Å²) in [6, 6.07) is 1.94. The molecule has 22 heavy (non-hydrogen) atoms. The van der Waals surface area contributed by atoms with Crippen molar-refractivity contribution >= 4 is 29.9 Å². The maximum atomic E-state index is 4.26. The minimum Gasteiger partial charge on any atom is -0.356 e. The van der Waals surface area contributed by atoms with Gasteiger partial charge in [0.2, 0.25) is 0 Å². The molecule has 1 heterocycles. The second-order valence-corrected chi connectivity index (χ2v) is 5.84. The Kier molecular flexibility index (Phi) is 10.3. The maximum Gasteiger partial charge on any atom is 0.191 e. The average molecular weight is 419 g/mol. The van der Waals surface area contributed by atoms with Crippen LogP contribution in [0.1, 0.15) is 44.9 Å². The van der Waals surface area contributed by atoms with Gasteiger partial charge in [-0.15, -0.1) is 24.0 Å². The van der Waals surface area contributed by atoms with Crippen LogP contribution in [-0.4, -0.2) is 35.9 Å². The molecule has 1 aromatic rings. The smallest absolute Gasteiger partial charge is 0.191 e. The molecule has 0 spiro atoms. The van der Waals surface area contributed by atoms with Gasteiger partial charge in [0.15, 0.2) is 5.96 Å². The van der Waals surface area contributed by atoms with E-state index in [1.54, 1.807) is 6.20 Å². The summed E-state index contributed by atoms with van der Waals surface area (Å²) in [7, 11) is 1.82. The Morgan fingerprint density at radius 1 is 1.23 bits per heavy atom. The van der Waals surface area contributed by atoms with Crippen molar-refractivity contribution in [1.82, 2.24) is 20.4 Å². The second kappa shape index (κ2) is 11.7. The van der Waals surface area contributed by atoms with Crippen LogP contribution in [0.3, 0.4) is 0 Å². The summed E-state index contributed by atoms with van der Waals surface area (Å²) in [4.78, 5) is 4.26. The Morgan fingerprint density at radius 2 is 2.00 bits per heavy atom. The van der Waals surface area contributed by atoms with E-state index in [0.717, 1.165) is 31.5 Å². The molecular weight excluding hydrogens is 389 g/mol. The lowest BCUT2D eigenvalue weighted by Gasteiger charge is -2.21. The van der Waals surface area contributed by atoms with Crippen LogP contribution in [0.15, 0.2) is 23.5 Å². The van der Waals surface area contributed by atoms with E-state index >= 15 is 0 Å². The first-order valence-electron chi connectivity index (χ1n) is 8.30. The molecule has 1 fully saturated rings. The van der Waals surface area contributed by atoms with Crippen molar-refractivity contribution in [1.29, 1.82) is 0 Å². The standard InChI is InChI=1S/C16H29N5.HI/c1-17-16(19-12-14-21-13-6-11-20-21)18-10-5-9-15-7-3-2-4-8-15;/h6,11,13,15H,2-5,7-10,12,14H2,1H3,(H2,17,18,19);1H. The van der Waals surface area contributed by atoms with Gasteiger partial charge in [0.05, 0.1) is 6.54 Å². The van der Waals surface area contributed by atoms with Gasteiger partial charge in [-0.25, -0.2) is 0 Å². The van der Waals surface area contributed by atoms with Gasteiger partial charge in [-0.05, 0) is 24.8 Å². The fourth-order valence-electron chi connectivity index (χ4n) is 3.02. The number of guanidine groups is 1. The summed E-state index contributed by atoms with van der Waals surface area (Å²) in [5.41, 5.74) is 0. The van der Waals surface area contributed by atoms with Crippen molar-refractivity contribution in [2.75, 3.05) is 20.1 Å². The SMILES string of the molecule is CN=C(NCCCC1CCCCC1)NCCn1cccn1.I. The van der Waals surface area contributed by atoms with E-state index in [0.29, 0.717) is 0 Å². The zero-order chi connectivity index (χ0) is 14.8. The quantitative estimate of drug-likeness (QED) is 0.309. The summed E-state index contributed by atoms with van der Waals surface area (Å²) < 4.78 is 1.92. The molecule has 0 aromatic carbocycles. The average Bonchev–Trinajstić information content (AvgIpc) is 3.04. The fourth-order valence-corrected chi connectivity index (χ4v) is 3.02. The Bertz CT molecular complexity index is 399. The minimum atomic E-state index is 0. The van der Waals surface area contributed by atoms with Gasteiger partial charge in [-0.2, -0.15) is 5.10 Å². The largest absolute Gasteiger partial charge is 0.356 e. The molecule has 126 valence electrons. The molecule has 1 saturated carbocycles. The molecule has 5 nitrogen and oxygen atoms in total. The van der Waals surface area contributed by atoms with E-state index < -0.39 is 0 Å². The van der Waals surface area contributed by atoms with Crippen molar-refractivity contribution in [2.45, 2.75) is 51.5 Å². The van der Waals surface area contributed by atoms with Crippen molar-refractivity contribution in [3.05, 3.63) is 18.5 Å². The number of rotatable bonds is 7. The van der Waals surface area contributed by atoms with Crippen LogP contribution in [-0.2, 0) is 6.54 Å². The van der Waals surface area contributed by atoms with E-state index in [4.69, 9.17) is 0 Å². The zero-order valence-corrected chi connectivity index (χ0v) is 16.0. The molecular formula is C16H30IN5. The van der Waals surface area contributed by atoms with Crippen LogP contribution in [0, 0.1) is 5.92 Å². The van der Waals surface area contributed by atoms with Crippen LogP contribution in [0.2, 0.25) is 0 Å². The van der Waals surface area contributed by atoms with Gasteiger partial charge in [0.1, 0.15) is 0 Å². The lowest BCUT2D eigenvalue weighted by Crippen LogP contribution is -2.39. The number of nitrogens with zero attached hydrogens (tertiary/aromatic N) is 3. The highest BCUT2D eigenvalue weighted by Gasteiger charge is 2.12. The van der Waals surface area contributed by atoms with Crippen LogP contribution in [0.4, 0.5) is 0 Å². The van der Waals surface area contributed by atoms with Gasteiger partial charge in [-0.1, -0.05) is 32.1 Å². The Labute approximate surface area is 151 Å². The predicted octanol–water partition coefficient (Wildman–Crippen LogP) is 3.03. The number of halogens is 1. The Morgan fingerprint density at radius 3 is 2.68 bits per heavy atom. The van der Waals surface area contributed by atoms with Crippen molar-refractivity contribution < 1.29 is 0 Å². The number of hydrogen-bond donors (Lipinski definition) is 2. The second-order valence-electron chi connectivity index (χ2n) is 5.84. The number of hydrogen-bond acceptors (Lipinski definition) is 2. The minimum absolute atomic E-state index is 0. The van der Waals surface area contributed by atoms with E-state index in [1.807, 2.05) is 24.0 Å². The van der Waals surface area contributed by atoms with Crippen molar-refractivity contribution in [2.24, 2.45) is 10.9 Å². The van der Waals surface area contributed by atoms with Gasteiger partial charge < -0.3 is 10.6 Å². The molecule has 0 bridgehead atoms. The molecule has 1 aromatic heterocycles. The number of aromatic nitrogens is 2. The van der Waals surface area contributed by atoms with Gasteiger partial charge in [0, 0.05) is 32.5 Å². The number of nitrogens with one attached hydrogen (secondary N) is 2. The van der Waals surface area contributed by atoms with Crippen LogP contribution >= 0.6 is 24.0 Å². The van der Waals surface area contributed by atoms with E-state index in [9.17, 15) is 0 Å². The Balaban J connectivity index is 0.00000242. The molecule has 0 atom stereocenters. The normalized spacial score (nSPS) is 16.1. The third-order valence-electron chi connectivity index (χ3n) is 4.22. The summed E-state index contributed by atoms with van der Waals surface area (Å²) in [5, 5.41) is 10.9. The van der Waals surface area contributed by atoms with Crippen LogP contribution in [0.25, 0.3) is 0 Å². The zero-order valence-electron chi connectivity index (χ0n) is 13.6. The molecule has 1 aliphatic carbocycles. The molecule has 2 N–H and O–H groups in total. The van der Waals surface area contributed by atoms with E-state index in [-0.39, 0.29) is 24.0 Å². The molecule has 1 aliphatic rings. The van der Waals surface area contributed by atoms with Crippen molar-refractivity contribution in [3.8, 4) is 0 Å². The molecule has 0 aliphatic heterocycles. The Hall–Kier alpha value is -0.790. The first-order chi connectivity index (χ1) is 10.4.